The van der Waals surface area contributed by atoms with Gasteiger partial charge in [0.05, 0.1) is 18.8 Å². The van der Waals surface area contributed by atoms with Crippen molar-refractivity contribution in [3.63, 3.8) is 0 Å². The van der Waals surface area contributed by atoms with Crippen LogP contribution in [0.4, 0.5) is 14.3 Å². The van der Waals surface area contributed by atoms with Crippen LogP contribution in [-0.2, 0) is 17.7 Å². The van der Waals surface area contributed by atoms with Crippen molar-refractivity contribution in [2.45, 2.75) is 19.9 Å². The molecular formula is C16H16FN3O3S. The number of ether oxygens (including phenoxy) is 1. The molecule has 8 heteroatoms. The molecule has 1 aliphatic rings. The Balaban J connectivity index is 1.68. The van der Waals surface area contributed by atoms with Crippen LogP contribution in [0.25, 0.3) is 0 Å². The highest BCUT2D eigenvalue weighted by Gasteiger charge is 2.25. The topological polar surface area (TPSA) is 71.5 Å². The fraction of sp³-hybridized carbons (Fsp3) is 0.312. The monoisotopic (exact) mass is 349 g/mol. The zero-order chi connectivity index (χ0) is 17.1. The maximum absolute atomic E-state index is 12.9. The predicted octanol–water partition coefficient (Wildman–Crippen LogP) is 3.05. The van der Waals surface area contributed by atoms with E-state index in [-0.39, 0.29) is 12.0 Å². The number of hydrogen-bond acceptors (Lipinski definition) is 5. The fourth-order valence-corrected chi connectivity index (χ4v) is 3.41. The molecule has 1 aromatic carbocycles. The number of rotatable bonds is 3. The summed E-state index contributed by atoms with van der Waals surface area (Å²) in [7, 11) is 0. The van der Waals surface area contributed by atoms with Gasteiger partial charge in [0.2, 0.25) is 0 Å². The van der Waals surface area contributed by atoms with E-state index in [0.717, 1.165) is 10.6 Å². The molecule has 0 aliphatic carbocycles. The van der Waals surface area contributed by atoms with Gasteiger partial charge in [-0.25, -0.2) is 14.2 Å². The first-order chi connectivity index (χ1) is 11.6. The highest BCUT2D eigenvalue weighted by Crippen LogP contribution is 2.28. The quantitative estimate of drug-likeness (QED) is 0.924. The third-order valence-electron chi connectivity index (χ3n) is 3.58. The Morgan fingerprint density at radius 3 is 2.83 bits per heavy atom. The normalized spacial score (nSPS) is 13.3. The smallest absolute Gasteiger partial charge is 0.410 e. The lowest BCUT2D eigenvalue weighted by Crippen LogP contribution is -2.35. The average molecular weight is 349 g/mol. The second-order valence-corrected chi connectivity index (χ2v) is 6.30. The van der Waals surface area contributed by atoms with E-state index in [1.54, 1.807) is 11.8 Å². The van der Waals surface area contributed by atoms with Crippen molar-refractivity contribution in [3.8, 4) is 0 Å². The van der Waals surface area contributed by atoms with Crippen LogP contribution in [0.1, 0.15) is 27.9 Å². The maximum atomic E-state index is 12.9. The Labute approximate surface area is 142 Å². The van der Waals surface area contributed by atoms with E-state index in [0.29, 0.717) is 36.8 Å². The molecule has 2 aromatic rings. The zero-order valence-electron chi connectivity index (χ0n) is 13.0. The minimum Gasteiger partial charge on any atom is -0.450 e. The summed E-state index contributed by atoms with van der Waals surface area (Å²) in [5, 5.41) is 3.19. The standard InChI is InChI=1S/C16H16FN3O3S/c1-2-23-16(22)20-8-7-12-13(9-20)24-15(18-12)19-14(21)10-3-5-11(17)6-4-10/h3-6H,2,7-9H2,1H3,(H,18,19,21). The lowest BCUT2D eigenvalue weighted by Gasteiger charge is -2.24. The lowest BCUT2D eigenvalue weighted by molar-refractivity contribution is 0.102. The van der Waals surface area contributed by atoms with E-state index in [1.807, 2.05) is 0 Å². The van der Waals surface area contributed by atoms with Crippen molar-refractivity contribution in [2.24, 2.45) is 0 Å². The van der Waals surface area contributed by atoms with Crippen molar-refractivity contribution < 1.29 is 18.7 Å². The molecule has 0 bridgehead atoms. The minimum atomic E-state index is -0.393. The maximum Gasteiger partial charge on any atom is 0.410 e. The number of nitrogens with zero attached hydrogens (tertiary/aromatic N) is 2. The van der Waals surface area contributed by atoms with E-state index in [1.165, 1.54) is 35.6 Å². The molecule has 0 saturated heterocycles. The summed E-state index contributed by atoms with van der Waals surface area (Å²) in [4.78, 5) is 30.9. The van der Waals surface area contributed by atoms with Gasteiger partial charge in [-0.15, -0.1) is 0 Å². The second-order valence-electron chi connectivity index (χ2n) is 5.22. The van der Waals surface area contributed by atoms with Gasteiger partial charge in [-0.3, -0.25) is 10.1 Å². The molecule has 0 atom stereocenters. The highest BCUT2D eigenvalue weighted by molar-refractivity contribution is 7.15. The van der Waals surface area contributed by atoms with E-state index < -0.39 is 5.82 Å². The van der Waals surface area contributed by atoms with Gasteiger partial charge >= 0.3 is 6.09 Å². The molecular weight excluding hydrogens is 333 g/mol. The summed E-state index contributed by atoms with van der Waals surface area (Å²) in [6, 6.07) is 5.30. The Morgan fingerprint density at radius 1 is 1.38 bits per heavy atom. The summed E-state index contributed by atoms with van der Waals surface area (Å²) in [6.45, 7) is 3.08. The van der Waals surface area contributed by atoms with Gasteiger partial charge in [-0.2, -0.15) is 0 Å². The Bertz CT molecular complexity index is 760. The molecule has 1 N–H and O–H groups in total. The number of anilines is 1. The van der Waals surface area contributed by atoms with E-state index in [2.05, 4.69) is 10.3 Å². The summed E-state index contributed by atoms with van der Waals surface area (Å²) < 4.78 is 17.9. The van der Waals surface area contributed by atoms with Gasteiger partial charge in [0.1, 0.15) is 5.82 Å². The number of hydrogen-bond donors (Lipinski definition) is 1. The molecule has 0 saturated carbocycles. The Kier molecular flexibility index (Phi) is 4.75. The summed E-state index contributed by atoms with van der Waals surface area (Å²) in [5.74, 6) is -0.737. The van der Waals surface area contributed by atoms with Gasteiger partial charge < -0.3 is 9.64 Å². The third kappa shape index (κ3) is 3.53. The Hall–Kier alpha value is -2.48. The second kappa shape index (κ2) is 6.96. The molecule has 24 heavy (non-hydrogen) atoms. The summed E-state index contributed by atoms with van der Waals surface area (Å²) >= 11 is 1.33. The minimum absolute atomic E-state index is 0.337. The summed E-state index contributed by atoms with van der Waals surface area (Å²) in [6.07, 6.45) is 0.283. The van der Waals surface area contributed by atoms with Gasteiger partial charge in [0.15, 0.2) is 5.13 Å². The molecule has 2 amide bonds. The van der Waals surface area contributed by atoms with Gasteiger partial charge in [0, 0.05) is 23.4 Å². The SMILES string of the molecule is CCOC(=O)N1CCc2nc(NC(=O)c3ccc(F)cc3)sc2C1. The van der Waals surface area contributed by atoms with Crippen molar-refractivity contribution >= 4 is 28.5 Å². The van der Waals surface area contributed by atoms with Crippen LogP contribution in [0.5, 0.6) is 0 Å². The molecule has 3 rings (SSSR count). The molecule has 1 aromatic heterocycles. The third-order valence-corrected chi connectivity index (χ3v) is 4.58. The van der Waals surface area contributed by atoms with Crippen LogP contribution in [0.3, 0.4) is 0 Å². The number of thiazole rings is 1. The zero-order valence-corrected chi connectivity index (χ0v) is 13.9. The number of fused-ring (bicyclic) bond motifs is 1. The number of carbonyl (C=O) groups is 2. The van der Waals surface area contributed by atoms with Gasteiger partial charge in [-0.1, -0.05) is 11.3 Å². The van der Waals surface area contributed by atoms with Crippen LogP contribution in [0, 0.1) is 5.82 Å². The van der Waals surface area contributed by atoms with E-state index in [4.69, 9.17) is 4.74 Å². The first-order valence-corrected chi connectivity index (χ1v) is 8.35. The molecule has 0 fully saturated rings. The Morgan fingerprint density at radius 2 is 2.12 bits per heavy atom. The number of nitrogens with one attached hydrogen (secondary N) is 1. The molecule has 0 spiro atoms. The number of aromatic nitrogens is 1. The van der Waals surface area contributed by atoms with Crippen molar-refractivity contribution in [1.29, 1.82) is 0 Å². The fourth-order valence-electron chi connectivity index (χ4n) is 2.39. The highest BCUT2D eigenvalue weighted by atomic mass is 32.1. The molecule has 126 valence electrons. The van der Waals surface area contributed by atoms with Crippen LogP contribution in [-0.4, -0.2) is 35.0 Å². The number of halogens is 1. The molecule has 1 aliphatic heterocycles. The van der Waals surface area contributed by atoms with Gasteiger partial charge in [-0.05, 0) is 31.2 Å². The number of amides is 2. The van der Waals surface area contributed by atoms with Crippen LogP contribution in [0.15, 0.2) is 24.3 Å². The average Bonchev–Trinajstić information content (AvgIpc) is 2.96. The lowest BCUT2D eigenvalue weighted by atomic mass is 10.2. The number of carbonyl (C=O) groups excluding carboxylic acids is 2. The first kappa shape index (κ1) is 16.4. The summed E-state index contributed by atoms with van der Waals surface area (Å²) in [5.41, 5.74) is 1.24. The van der Waals surface area contributed by atoms with Crippen LogP contribution in [0.2, 0.25) is 0 Å². The van der Waals surface area contributed by atoms with Crippen LogP contribution >= 0.6 is 11.3 Å². The number of benzene rings is 1. The molecule has 6 nitrogen and oxygen atoms in total. The van der Waals surface area contributed by atoms with Crippen molar-refractivity contribution in [1.82, 2.24) is 9.88 Å². The first-order valence-electron chi connectivity index (χ1n) is 7.54. The molecule has 0 unspecified atom stereocenters. The van der Waals surface area contributed by atoms with Crippen molar-refractivity contribution in [2.75, 3.05) is 18.5 Å². The molecule has 0 radical (unpaired) electrons. The van der Waals surface area contributed by atoms with E-state index in [9.17, 15) is 14.0 Å². The van der Waals surface area contributed by atoms with Crippen molar-refractivity contribution in [3.05, 3.63) is 46.2 Å². The van der Waals surface area contributed by atoms with Gasteiger partial charge in [0.25, 0.3) is 5.91 Å². The largest absolute Gasteiger partial charge is 0.450 e. The molecule has 2 heterocycles. The van der Waals surface area contributed by atoms with E-state index >= 15 is 0 Å². The predicted molar refractivity (Wildman–Crippen MR) is 87.6 cm³/mol. The van der Waals surface area contributed by atoms with Crippen LogP contribution < -0.4 is 5.32 Å².